The van der Waals surface area contributed by atoms with E-state index in [0.29, 0.717) is 0 Å². The Hall–Kier alpha value is -1.77. The molecule has 0 radical (unpaired) electrons. The van der Waals surface area contributed by atoms with Crippen molar-refractivity contribution in [3.05, 3.63) is 28.1 Å². The summed E-state index contributed by atoms with van der Waals surface area (Å²) in [6, 6.07) is 0. The van der Waals surface area contributed by atoms with Gasteiger partial charge in [-0.15, -0.1) is 0 Å². The molecule has 1 aromatic rings. The zero-order valence-electron chi connectivity index (χ0n) is 10.5. The Morgan fingerprint density at radius 1 is 1.24 bits per heavy atom. The van der Waals surface area contributed by atoms with E-state index in [0.717, 1.165) is 14.0 Å². The van der Waals surface area contributed by atoms with E-state index < -0.39 is 51.9 Å². The molecule has 10 heteroatoms. The van der Waals surface area contributed by atoms with Crippen LogP contribution in [0.25, 0.3) is 0 Å². The molecule has 0 N–H and O–H groups in total. The van der Waals surface area contributed by atoms with Gasteiger partial charge in [0.25, 0.3) is 11.7 Å². The second-order valence-corrected chi connectivity index (χ2v) is 4.13. The molecule has 0 aliphatic carbocycles. The molecule has 1 aromatic heterocycles. The largest absolute Gasteiger partial charge is 0.465 e. The predicted molar refractivity (Wildman–Crippen MR) is 60.5 cm³/mol. The van der Waals surface area contributed by atoms with Crippen LogP contribution in [0, 0.1) is 6.92 Å². The maximum absolute atomic E-state index is 12.8. The molecule has 116 valence electrons. The number of halogens is 6. The van der Waals surface area contributed by atoms with Crippen molar-refractivity contribution >= 4 is 22.8 Å². The molecule has 0 saturated heterocycles. The molecule has 0 amide bonds. The summed E-state index contributed by atoms with van der Waals surface area (Å²) in [6.07, 6.45) is -8.67. The predicted octanol–water partition coefficient (Wildman–Crippen LogP) is 3.51. The minimum atomic E-state index is -5.19. The molecule has 1 heterocycles. The van der Waals surface area contributed by atoms with Crippen LogP contribution in [0.2, 0.25) is 0 Å². The maximum atomic E-state index is 12.8. The van der Waals surface area contributed by atoms with Crippen molar-refractivity contribution < 1.29 is 36.3 Å². The molecule has 0 bridgehead atoms. The number of nitrogens with zero attached hydrogens (tertiary/aromatic N) is 1. The van der Waals surface area contributed by atoms with Crippen LogP contribution in [0.1, 0.15) is 44.1 Å². The number of carbonyl (C=O) groups is 2. The Balaban J connectivity index is 3.89. The number of methoxy groups -OCH3 is 1. The Bertz CT molecular complexity index is 601. The smallest absolute Gasteiger partial charge is 0.434 e. The highest BCUT2D eigenvalue weighted by molar-refractivity contribution is 6.68. The summed E-state index contributed by atoms with van der Waals surface area (Å²) in [4.78, 5) is 25.3. The van der Waals surface area contributed by atoms with Gasteiger partial charge < -0.3 is 4.74 Å². The first-order chi connectivity index (χ1) is 9.52. The van der Waals surface area contributed by atoms with E-state index >= 15 is 0 Å². The molecular weight excluding hydrogens is 325 g/mol. The monoisotopic (exact) mass is 331 g/mol. The Labute approximate surface area is 119 Å². The number of hydrogen-bond acceptors (Lipinski definition) is 4. The Morgan fingerprint density at radius 3 is 2.10 bits per heavy atom. The fourth-order valence-corrected chi connectivity index (χ4v) is 1.92. The average molecular weight is 332 g/mol. The number of esters is 1. The lowest BCUT2D eigenvalue weighted by Gasteiger charge is -2.17. The van der Waals surface area contributed by atoms with Gasteiger partial charge in [0.2, 0.25) is 0 Å². The van der Waals surface area contributed by atoms with E-state index in [2.05, 4.69) is 9.72 Å². The van der Waals surface area contributed by atoms with Gasteiger partial charge in [-0.2, -0.15) is 13.2 Å². The van der Waals surface area contributed by atoms with Crippen molar-refractivity contribution in [1.29, 1.82) is 0 Å². The van der Waals surface area contributed by atoms with E-state index in [-0.39, 0.29) is 0 Å². The van der Waals surface area contributed by atoms with Crippen LogP contribution in [-0.2, 0) is 10.9 Å². The maximum Gasteiger partial charge on any atom is 0.434 e. The zero-order valence-corrected chi connectivity index (χ0v) is 11.3. The Morgan fingerprint density at radius 2 is 1.76 bits per heavy atom. The zero-order chi connectivity index (χ0) is 16.5. The standard InChI is InChI=1S/C11H7ClF5NO3/c1-3-4(10(20)21-2)6(9(13)14)18-7(11(15,16)17)5(3)8(12)19/h9H,1-2H3. The van der Waals surface area contributed by atoms with Gasteiger partial charge in [-0.25, -0.2) is 18.6 Å². The first-order valence-corrected chi connectivity index (χ1v) is 5.58. The van der Waals surface area contributed by atoms with E-state index in [1.807, 2.05) is 0 Å². The summed E-state index contributed by atoms with van der Waals surface area (Å²) in [5.74, 6) is -1.34. The van der Waals surface area contributed by atoms with Gasteiger partial charge in [0.05, 0.1) is 18.2 Å². The van der Waals surface area contributed by atoms with Gasteiger partial charge in [0, 0.05) is 0 Å². The molecule has 0 saturated carbocycles. The topological polar surface area (TPSA) is 56.3 Å². The highest BCUT2D eigenvalue weighted by Crippen LogP contribution is 2.37. The third-order valence-electron chi connectivity index (χ3n) is 2.54. The van der Waals surface area contributed by atoms with E-state index in [1.54, 1.807) is 0 Å². The third-order valence-corrected chi connectivity index (χ3v) is 2.73. The van der Waals surface area contributed by atoms with Gasteiger partial charge in [-0.3, -0.25) is 4.79 Å². The summed E-state index contributed by atoms with van der Waals surface area (Å²) in [5.41, 5.74) is -6.03. The summed E-state index contributed by atoms with van der Waals surface area (Å²) < 4.78 is 68.4. The van der Waals surface area contributed by atoms with Crippen LogP contribution in [0.15, 0.2) is 0 Å². The van der Waals surface area contributed by atoms with Gasteiger partial charge in [0.1, 0.15) is 5.69 Å². The highest BCUT2D eigenvalue weighted by atomic mass is 35.5. The first kappa shape index (κ1) is 17.3. The minimum absolute atomic E-state index is 0.667. The Kier molecular flexibility index (Phi) is 4.87. The number of alkyl halides is 5. The fourth-order valence-electron chi connectivity index (χ4n) is 1.69. The lowest BCUT2D eigenvalue weighted by molar-refractivity contribution is -0.141. The first-order valence-electron chi connectivity index (χ1n) is 5.20. The molecule has 21 heavy (non-hydrogen) atoms. The van der Waals surface area contributed by atoms with E-state index in [1.165, 1.54) is 0 Å². The SMILES string of the molecule is COC(=O)c1c(C(F)F)nc(C(F)(F)F)c(C(=O)Cl)c1C. The second-order valence-electron chi connectivity index (χ2n) is 3.78. The molecule has 4 nitrogen and oxygen atoms in total. The van der Waals surface area contributed by atoms with Crippen molar-refractivity contribution in [3.63, 3.8) is 0 Å². The molecule has 0 fully saturated rings. The summed E-state index contributed by atoms with van der Waals surface area (Å²) in [7, 11) is 0.844. The lowest BCUT2D eigenvalue weighted by atomic mass is 9.99. The third kappa shape index (κ3) is 3.29. The number of carbonyl (C=O) groups excluding carboxylic acids is 2. The lowest BCUT2D eigenvalue weighted by Crippen LogP contribution is -2.21. The van der Waals surface area contributed by atoms with E-state index in [9.17, 15) is 31.5 Å². The van der Waals surface area contributed by atoms with Crippen LogP contribution in [0.5, 0.6) is 0 Å². The van der Waals surface area contributed by atoms with Crippen LogP contribution < -0.4 is 0 Å². The number of ether oxygens (including phenoxy) is 1. The molecule has 0 aromatic carbocycles. The highest BCUT2D eigenvalue weighted by Gasteiger charge is 2.41. The summed E-state index contributed by atoms with van der Waals surface area (Å²) in [6.45, 7) is 0.880. The quantitative estimate of drug-likeness (QED) is 0.483. The molecule has 0 atom stereocenters. The molecule has 1 rings (SSSR count). The van der Waals surface area contributed by atoms with Crippen LogP contribution in [-0.4, -0.2) is 23.3 Å². The van der Waals surface area contributed by atoms with Crippen LogP contribution in [0.4, 0.5) is 22.0 Å². The van der Waals surface area contributed by atoms with Gasteiger partial charge in [0.15, 0.2) is 5.69 Å². The van der Waals surface area contributed by atoms with Gasteiger partial charge in [-0.05, 0) is 24.1 Å². The molecular formula is C11H7ClF5NO3. The molecule has 0 spiro atoms. The van der Waals surface area contributed by atoms with Crippen molar-refractivity contribution in [1.82, 2.24) is 4.98 Å². The second kappa shape index (κ2) is 5.92. The summed E-state index contributed by atoms with van der Waals surface area (Å²) >= 11 is 5.05. The average Bonchev–Trinajstić information content (AvgIpc) is 2.34. The van der Waals surface area contributed by atoms with Gasteiger partial charge in [-0.1, -0.05) is 0 Å². The van der Waals surface area contributed by atoms with E-state index in [4.69, 9.17) is 11.6 Å². The van der Waals surface area contributed by atoms with Crippen molar-refractivity contribution in [2.75, 3.05) is 7.11 Å². The van der Waals surface area contributed by atoms with Crippen molar-refractivity contribution in [2.24, 2.45) is 0 Å². The minimum Gasteiger partial charge on any atom is -0.465 e. The van der Waals surface area contributed by atoms with Crippen molar-refractivity contribution in [2.45, 2.75) is 19.5 Å². The number of hydrogen-bond donors (Lipinski definition) is 0. The molecule has 0 aliphatic heterocycles. The summed E-state index contributed by atoms with van der Waals surface area (Å²) in [5, 5.41) is -1.57. The van der Waals surface area contributed by atoms with Crippen molar-refractivity contribution in [3.8, 4) is 0 Å². The number of rotatable bonds is 3. The fraction of sp³-hybridized carbons (Fsp3) is 0.364. The van der Waals surface area contributed by atoms with Gasteiger partial charge >= 0.3 is 12.1 Å². The normalized spacial score (nSPS) is 11.7. The van der Waals surface area contributed by atoms with Crippen LogP contribution >= 0.6 is 11.6 Å². The number of aromatic nitrogens is 1. The van der Waals surface area contributed by atoms with Crippen LogP contribution in [0.3, 0.4) is 0 Å². The number of pyridine rings is 1. The molecule has 0 aliphatic rings. The molecule has 0 unspecified atom stereocenters.